The fourth-order valence-electron chi connectivity index (χ4n) is 3.62. The van der Waals surface area contributed by atoms with Crippen LogP contribution >= 0.6 is 0 Å². The molecule has 1 aliphatic heterocycles. The number of hydrogen-bond donors (Lipinski definition) is 0. The van der Waals surface area contributed by atoms with Crippen molar-refractivity contribution in [2.75, 3.05) is 16.8 Å². The summed E-state index contributed by atoms with van der Waals surface area (Å²) in [4.78, 5) is 16.1. The van der Waals surface area contributed by atoms with Gasteiger partial charge in [-0.1, -0.05) is 50.2 Å². The Hall–Kier alpha value is -2.55. The minimum Gasteiger partial charge on any atom is -0.367 e. The molecule has 3 nitrogen and oxygen atoms in total. The van der Waals surface area contributed by atoms with E-state index in [2.05, 4.69) is 56.1 Å². The van der Waals surface area contributed by atoms with E-state index in [0.29, 0.717) is 0 Å². The van der Waals surface area contributed by atoms with E-state index in [1.54, 1.807) is 11.8 Å². The van der Waals surface area contributed by atoms with E-state index in [1.165, 1.54) is 11.3 Å². The molecule has 0 saturated heterocycles. The smallest absolute Gasteiger partial charge is 0.227 e. The average molecular weight is 320 g/mol. The number of nitrogens with zero attached hydrogens (tertiary/aromatic N) is 2. The fourth-order valence-corrected chi connectivity index (χ4v) is 3.62. The van der Waals surface area contributed by atoms with Gasteiger partial charge in [0.2, 0.25) is 5.91 Å². The van der Waals surface area contributed by atoms with Crippen molar-refractivity contribution in [3.8, 4) is 0 Å². The second-order valence-electron chi connectivity index (χ2n) is 6.86. The van der Waals surface area contributed by atoms with Gasteiger partial charge in [0, 0.05) is 37.0 Å². The third-order valence-electron chi connectivity index (χ3n) is 4.93. The second kappa shape index (κ2) is 6.16. The van der Waals surface area contributed by atoms with Gasteiger partial charge in [-0.15, -0.1) is 0 Å². The molecule has 1 aliphatic rings. The Labute approximate surface area is 144 Å². The quantitative estimate of drug-likeness (QED) is 0.839. The molecule has 1 amide bonds. The topological polar surface area (TPSA) is 23.6 Å². The van der Waals surface area contributed by atoms with Gasteiger partial charge in [0.15, 0.2) is 0 Å². The van der Waals surface area contributed by atoms with E-state index in [9.17, 15) is 4.79 Å². The fraction of sp³-hybridized carbons (Fsp3) is 0.286. The zero-order valence-corrected chi connectivity index (χ0v) is 14.7. The SMILES string of the molecule is CC(=O)N(C=CC1N(C)c2ccccc2C1(C)C)c1ccccc1. The van der Waals surface area contributed by atoms with Crippen molar-refractivity contribution in [3.05, 3.63) is 72.4 Å². The molecule has 0 aromatic heterocycles. The van der Waals surface area contributed by atoms with Crippen LogP contribution < -0.4 is 9.80 Å². The lowest BCUT2D eigenvalue weighted by molar-refractivity contribution is -0.116. The number of anilines is 2. The molecule has 24 heavy (non-hydrogen) atoms. The van der Waals surface area contributed by atoms with Gasteiger partial charge in [0.1, 0.15) is 0 Å². The number of amides is 1. The van der Waals surface area contributed by atoms with E-state index in [4.69, 9.17) is 0 Å². The van der Waals surface area contributed by atoms with Crippen LogP contribution in [0.2, 0.25) is 0 Å². The Kier molecular flexibility index (Phi) is 4.18. The van der Waals surface area contributed by atoms with E-state index in [-0.39, 0.29) is 17.4 Å². The maximum Gasteiger partial charge on any atom is 0.227 e. The Morgan fingerprint density at radius 2 is 1.71 bits per heavy atom. The number of benzene rings is 2. The molecule has 124 valence electrons. The maximum absolute atomic E-state index is 12.1. The van der Waals surface area contributed by atoms with Crippen molar-refractivity contribution in [2.45, 2.75) is 32.2 Å². The molecule has 1 atom stereocenters. The lowest BCUT2D eigenvalue weighted by atomic mass is 9.80. The molecule has 0 spiro atoms. The predicted molar refractivity (Wildman–Crippen MR) is 100 cm³/mol. The van der Waals surface area contributed by atoms with Gasteiger partial charge < -0.3 is 4.90 Å². The molecule has 0 bridgehead atoms. The zero-order valence-electron chi connectivity index (χ0n) is 14.7. The molecule has 3 rings (SSSR count). The highest BCUT2D eigenvalue weighted by Gasteiger charge is 2.41. The summed E-state index contributed by atoms with van der Waals surface area (Å²) >= 11 is 0. The van der Waals surface area contributed by atoms with Crippen molar-refractivity contribution in [3.63, 3.8) is 0 Å². The third kappa shape index (κ3) is 2.71. The number of fused-ring (bicyclic) bond motifs is 1. The van der Waals surface area contributed by atoms with Crippen molar-refractivity contribution in [2.24, 2.45) is 0 Å². The first-order valence-electron chi connectivity index (χ1n) is 8.28. The number of rotatable bonds is 3. The highest BCUT2D eigenvalue weighted by atomic mass is 16.2. The summed E-state index contributed by atoms with van der Waals surface area (Å²) in [6.45, 7) is 6.10. The zero-order chi connectivity index (χ0) is 17.3. The summed E-state index contributed by atoms with van der Waals surface area (Å²) in [6, 6.07) is 18.5. The van der Waals surface area contributed by atoms with E-state index in [1.807, 2.05) is 36.5 Å². The van der Waals surface area contributed by atoms with Crippen molar-refractivity contribution in [1.82, 2.24) is 0 Å². The largest absolute Gasteiger partial charge is 0.367 e. The van der Waals surface area contributed by atoms with Gasteiger partial charge >= 0.3 is 0 Å². The Balaban J connectivity index is 1.93. The van der Waals surface area contributed by atoms with Crippen LogP contribution in [0.1, 0.15) is 26.3 Å². The van der Waals surface area contributed by atoms with E-state index < -0.39 is 0 Å². The summed E-state index contributed by atoms with van der Waals surface area (Å²) < 4.78 is 0. The lowest BCUT2D eigenvalue weighted by Gasteiger charge is -2.30. The molecule has 1 heterocycles. The first-order valence-corrected chi connectivity index (χ1v) is 8.28. The molecule has 1 unspecified atom stereocenters. The Morgan fingerprint density at radius 1 is 1.08 bits per heavy atom. The van der Waals surface area contributed by atoms with E-state index in [0.717, 1.165) is 5.69 Å². The van der Waals surface area contributed by atoms with Crippen LogP contribution in [-0.4, -0.2) is 19.0 Å². The maximum atomic E-state index is 12.1. The highest BCUT2D eigenvalue weighted by Crippen LogP contribution is 2.44. The van der Waals surface area contributed by atoms with Crippen LogP contribution in [0.25, 0.3) is 0 Å². The molecule has 3 heteroatoms. The van der Waals surface area contributed by atoms with Gasteiger partial charge in [-0.2, -0.15) is 0 Å². The van der Waals surface area contributed by atoms with Crippen LogP contribution in [0, 0.1) is 0 Å². The lowest BCUT2D eigenvalue weighted by Crippen LogP contribution is -2.38. The minimum atomic E-state index is -0.0129. The molecule has 0 radical (unpaired) electrons. The van der Waals surface area contributed by atoms with Crippen LogP contribution in [0.5, 0.6) is 0 Å². The molecular formula is C21H24N2O. The molecule has 0 saturated carbocycles. The Bertz CT molecular complexity index is 764. The molecule has 0 aliphatic carbocycles. The standard InChI is InChI=1S/C21H24N2O/c1-16(24)23(17-10-6-5-7-11-17)15-14-20-21(2,3)18-12-8-9-13-19(18)22(20)4/h5-15,20H,1-4H3. The molecule has 2 aromatic carbocycles. The number of carbonyl (C=O) groups excluding carboxylic acids is 1. The van der Waals surface area contributed by atoms with Gasteiger partial charge in [-0.3, -0.25) is 9.69 Å². The number of hydrogen-bond acceptors (Lipinski definition) is 2. The second-order valence-corrected chi connectivity index (χ2v) is 6.86. The van der Waals surface area contributed by atoms with Crippen LogP contribution in [0.15, 0.2) is 66.9 Å². The van der Waals surface area contributed by atoms with Gasteiger partial charge in [0.25, 0.3) is 0 Å². The predicted octanol–water partition coefficient (Wildman–Crippen LogP) is 4.35. The van der Waals surface area contributed by atoms with Gasteiger partial charge in [0.05, 0.1) is 6.04 Å². The summed E-state index contributed by atoms with van der Waals surface area (Å²) in [6.07, 6.45) is 4.04. The Morgan fingerprint density at radius 3 is 2.33 bits per heavy atom. The molecule has 0 fully saturated rings. The summed E-state index contributed by atoms with van der Waals surface area (Å²) in [5, 5.41) is 0. The molecular weight excluding hydrogens is 296 g/mol. The normalized spacial score (nSPS) is 18.7. The number of para-hydroxylation sites is 2. The summed E-state index contributed by atoms with van der Waals surface area (Å²) in [7, 11) is 2.11. The van der Waals surface area contributed by atoms with Crippen LogP contribution in [0.3, 0.4) is 0 Å². The first kappa shape index (κ1) is 16.3. The van der Waals surface area contributed by atoms with Gasteiger partial charge in [-0.05, 0) is 29.8 Å². The minimum absolute atomic E-state index is 0.00780. The van der Waals surface area contributed by atoms with E-state index >= 15 is 0 Å². The first-order chi connectivity index (χ1) is 11.4. The van der Waals surface area contributed by atoms with Crippen molar-refractivity contribution in [1.29, 1.82) is 0 Å². The number of likely N-dealkylation sites (N-methyl/N-ethyl adjacent to an activating group) is 1. The third-order valence-corrected chi connectivity index (χ3v) is 4.93. The van der Waals surface area contributed by atoms with Crippen LogP contribution in [0.4, 0.5) is 11.4 Å². The molecule has 0 N–H and O–H groups in total. The summed E-state index contributed by atoms with van der Waals surface area (Å²) in [5.41, 5.74) is 3.47. The van der Waals surface area contributed by atoms with Gasteiger partial charge in [-0.25, -0.2) is 0 Å². The molecule has 2 aromatic rings. The van der Waals surface area contributed by atoms with Crippen molar-refractivity contribution < 1.29 is 4.79 Å². The number of carbonyl (C=O) groups is 1. The monoisotopic (exact) mass is 320 g/mol. The highest BCUT2D eigenvalue weighted by molar-refractivity contribution is 5.93. The van der Waals surface area contributed by atoms with Crippen LogP contribution in [-0.2, 0) is 10.2 Å². The van der Waals surface area contributed by atoms with Crippen molar-refractivity contribution >= 4 is 17.3 Å². The summed E-state index contributed by atoms with van der Waals surface area (Å²) in [5.74, 6) is 0.00780. The average Bonchev–Trinajstić information content (AvgIpc) is 2.76.